The molecule has 2 nitrogen and oxygen atoms in total. The molecule has 0 amide bonds. The summed E-state index contributed by atoms with van der Waals surface area (Å²) in [5.41, 5.74) is 0.464. The van der Waals surface area contributed by atoms with Crippen LogP contribution in [0.15, 0.2) is 18.2 Å². The van der Waals surface area contributed by atoms with Crippen LogP contribution in [0, 0.1) is 17.6 Å². The Balaban J connectivity index is 1.65. The highest BCUT2D eigenvalue weighted by Crippen LogP contribution is 2.33. The third-order valence-electron chi connectivity index (χ3n) is 3.88. The van der Waals surface area contributed by atoms with Gasteiger partial charge in [0.2, 0.25) is 0 Å². The van der Waals surface area contributed by atoms with E-state index in [1.165, 1.54) is 31.0 Å². The maximum Gasteiger partial charge on any atom is 0.127 e. The summed E-state index contributed by atoms with van der Waals surface area (Å²) in [5.74, 6) is 0.128. The van der Waals surface area contributed by atoms with Crippen molar-refractivity contribution in [2.24, 2.45) is 5.92 Å². The normalized spacial score (nSPS) is 25.3. The van der Waals surface area contributed by atoms with Gasteiger partial charge in [-0.3, -0.25) is 4.90 Å². The highest BCUT2D eigenvalue weighted by Gasteiger charge is 2.33. The zero-order valence-electron chi connectivity index (χ0n) is 10.3. The van der Waals surface area contributed by atoms with Crippen LogP contribution in [0.25, 0.3) is 0 Å². The lowest BCUT2D eigenvalue weighted by atomic mass is 10.1. The second-order valence-corrected chi connectivity index (χ2v) is 5.37. The summed E-state index contributed by atoms with van der Waals surface area (Å²) in [7, 11) is 0. The van der Waals surface area contributed by atoms with Crippen LogP contribution in [0.4, 0.5) is 8.78 Å². The SMILES string of the molecule is Fc1ccc(F)c(CN2CCNC(C3CC3)C2)c1. The first-order valence-corrected chi connectivity index (χ1v) is 6.62. The molecule has 1 heterocycles. The fourth-order valence-electron chi connectivity index (χ4n) is 2.71. The van der Waals surface area contributed by atoms with E-state index < -0.39 is 0 Å². The average Bonchev–Trinajstić information content (AvgIpc) is 3.18. The minimum atomic E-state index is -0.361. The summed E-state index contributed by atoms with van der Waals surface area (Å²) in [6.45, 7) is 3.30. The van der Waals surface area contributed by atoms with Crippen molar-refractivity contribution in [1.29, 1.82) is 0 Å². The molecule has 3 rings (SSSR count). The van der Waals surface area contributed by atoms with Gasteiger partial charge in [-0.05, 0) is 37.0 Å². The lowest BCUT2D eigenvalue weighted by Gasteiger charge is -2.34. The van der Waals surface area contributed by atoms with Crippen LogP contribution in [0.3, 0.4) is 0 Å². The molecule has 0 bridgehead atoms. The molecule has 1 aliphatic heterocycles. The summed E-state index contributed by atoms with van der Waals surface area (Å²) in [6, 6.07) is 4.23. The van der Waals surface area contributed by atoms with E-state index in [4.69, 9.17) is 0 Å². The van der Waals surface area contributed by atoms with E-state index in [2.05, 4.69) is 10.2 Å². The Labute approximate surface area is 106 Å². The number of rotatable bonds is 3. The molecule has 98 valence electrons. The predicted octanol–water partition coefficient (Wildman–Crippen LogP) is 2.15. The molecule has 1 saturated carbocycles. The van der Waals surface area contributed by atoms with Crippen molar-refractivity contribution in [3.05, 3.63) is 35.4 Å². The first kappa shape index (κ1) is 12.1. The summed E-state index contributed by atoms with van der Waals surface area (Å²) in [4.78, 5) is 2.22. The molecular formula is C14H18F2N2. The number of nitrogens with one attached hydrogen (secondary N) is 1. The molecule has 2 aliphatic rings. The quantitative estimate of drug-likeness (QED) is 0.886. The van der Waals surface area contributed by atoms with Gasteiger partial charge < -0.3 is 5.32 Å². The molecular weight excluding hydrogens is 234 g/mol. The first-order chi connectivity index (χ1) is 8.72. The van der Waals surface area contributed by atoms with Crippen molar-refractivity contribution in [3.8, 4) is 0 Å². The van der Waals surface area contributed by atoms with Crippen LogP contribution in [-0.2, 0) is 6.54 Å². The van der Waals surface area contributed by atoms with Gasteiger partial charge in [-0.2, -0.15) is 0 Å². The van der Waals surface area contributed by atoms with E-state index in [0.29, 0.717) is 18.2 Å². The zero-order chi connectivity index (χ0) is 12.5. The molecule has 2 fully saturated rings. The molecule has 1 aromatic rings. The largest absolute Gasteiger partial charge is 0.311 e. The Morgan fingerprint density at radius 1 is 1.28 bits per heavy atom. The Hall–Kier alpha value is -1.00. The molecule has 18 heavy (non-hydrogen) atoms. The zero-order valence-corrected chi connectivity index (χ0v) is 10.3. The average molecular weight is 252 g/mol. The van der Waals surface area contributed by atoms with Gasteiger partial charge in [0.1, 0.15) is 11.6 Å². The third kappa shape index (κ3) is 2.70. The van der Waals surface area contributed by atoms with Crippen molar-refractivity contribution < 1.29 is 8.78 Å². The standard InChI is InChI=1S/C14H18F2N2/c15-12-3-4-13(16)11(7-12)8-18-6-5-17-14(9-18)10-1-2-10/h3-4,7,10,14,17H,1-2,5-6,8-9H2. The number of hydrogen-bond acceptors (Lipinski definition) is 2. The maximum absolute atomic E-state index is 13.6. The molecule has 0 spiro atoms. The number of halogens is 2. The Morgan fingerprint density at radius 3 is 2.89 bits per heavy atom. The second kappa shape index (κ2) is 4.94. The Morgan fingerprint density at radius 2 is 2.11 bits per heavy atom. The molecule has 1 unspecified atom stereocenters. The molecule has 1 atom stereocenters. The summed E-state index contributed by atoms with van der Waals surface area (Å²) in [6.07, 6.45) is 2.61. The van der Waals surface area contributed by atoms with Gasteiger partial charge in [-0.15, -0.1) is 0 Å². The minimum Gasteiger partial charge on any atom is -0.311 e. The maximum atomic E-state index is 13.6. The number of piperazine rings is 1. The van der Waals surface area contributed by atoms with E-state index in [-0.39, 0.29) is 11.6 Å². The van der Waals surface area contributed by atoms with E-state index in [1.807, 2.05) is 0 Å². The molecule has 1 N–H and O–H groups in total. The van der Waals surface area contributed by atoms with Gasteiger partial charge in [0, 0.05) is 37.8 Å². The number of benzene rings is 1. The predicted molar refractivity (Wildman–Crippen MR) is 66.1 cm³/mol. The molecule has 0 aromatic heterocycles. The van der Waals surface area contributed by atoms with Crippen molar-refractivity contribution in [3.63, 3.8) is 0 Å². The van der Waals surface area contributed by atoms with Crippen LogP contribution in [0.2, 0.25) is 0 Å². The monoisotopic (exact) mass is 252 g/mol. The van der Waals surface area contributed by atoms with Crippen LogP contribution in [0.1, 0.15) is 18.4 Å². The minimum absolute atomic E-state index is 0.307. The highest BCUT2D eigenvalue weighted by molar-refractivity contribution is 5.18. The fraction of sp³-hybridized carbons (Fsp3) is 0.571. The Bertz CT molecular complexity index is 432. The van der Waals surface area contributed by atoms with Gasteiger partial charge in [0.05, 0.1) is 0 Å². The summed E-state index contributed by atoms with van der Waals surface area (Å²) in [5, 5.41) is 3.51. The van der Waals surface area contributed by atoms with Crippen LogP contribution in [0.5, 0.6) is 0 Å². The lowest BCUT2D eigenvalue weighted by molar-refractivity contribution is 0.179. The highest BCUT2D eigenvalue weighted by atomic mass is 19.1. The summed E-state index contributed by atoms with van der Waals surface area (Å²) >= 11 is 0. The number of nitrogens with zero attached hydrogens (tertiary/aromatic N) is 1. The van der Waals surface area contributed by atoms with Crippen molar-refractivity contribution in [1.82, 2.24) is 10.2 Å². The van der Waals surface area contributed by atoms with Crippen LogP contribution in [-0.4, -0.2) is 30.6 Å². The smallest absolute Gasteiger partial charge is 0.127 e. The fourth-order valence-corrected chi connectivity index (χ4v) is 2.71. The summed E-state index contributed by atoms with van der Waals surface area (Å²) < 4.78 is 26.7. The number of hydrogen-bond donors (Lipinski definition) is 1. The molecule has 1 aliphatic carbocycles. The van der Waals surface area contributed by atoms with Crippen molar-refractivity contribution in [2.45, 2.75) is 25.4 Å². The van der Waals surface area contributed by atoms with E-state index >= 15 is 0 Å². The van der Waals surface area contributed by atoms with Gasteiger partial charge in [-0.1, -0.05) is 0 Å². The van der Waals surface area contributed by atoms with Crippen LogP contribution < -0.4 is 5.32 Å². The van der Waals surface area contributed by atoms with E-state index in [1.54, 1.807) is 0 Å². The topological polar surface area (TPSA) is 15.3 Å². The van der Waals surface area contributed by atoms with Crippen molar-refractivity contribution >= 4 is 0 Å². The van der Waals surface area contributed by atoms with Crippen molar-refractivity contribution in [2.75, 3.05) is 19.6 Å². The van der Waals surface area contributed by atoms with E-state index in [0.717, 1.165) is 25.6 Å². The molecule has 1 aromatic carbocycles. The first-order valence-electron chi connectivity index (χ1n) is 6.62. The van der Waals surface area contributed by atoms with Crippen LogP contribution >= 0.6 is 0 Å². The van der Waals surface area contributed by atoms with E-state index in [9.17, 15) is 8.78 Å². The second-order valence-electron chi connectivity index (χ2n) is 5.37. The molecule has 1 saturated heterocycles. The van der Waals surface area contributed by atoms with Gasteiger partial charge >= 0.3 is 0 Å². The Kier molecular flexibility index (Phi) is 3.31. The lowest BCUT2D eigenvalue weighted by Crippen LogP contribution is -2.51. The third-order valence-corrected chi connectivity index (χ3v) is 3.88. The van der Waals surface area contributed by atoms with Gasteiger partial charge in [0.25, 0.3) is 0 Å². The van der Waals surface area contributed by atoms with Gasteiger partial charge in [-0.25, -0.2) is 8.78 Å². The molecule has 4 heteroatoms. The van der Waals surface area contributed by atoms with Gasteiger partial charge in [0.15, 0.2) is 0 Å². The molecule has 0 radical (unpaired) electrons.